The molecule has 0 fully saturated rings. The molecule has 0 rings (SSSR count). The van der Waals surface area contributed by atoms with Crippen LogP contribution in [0.25, 0.3) is 0 Å². The van der Waals surface area contributed by atoms with Crippen LogP contribution in [0.15, 0.2) is 0 Å². The van der Waals surface area contributed by atoms with E-state index in [9.17, 15) is 4.79 Å². The Labute approximate surface area is 61.8 Å². The lowest BCUT2D eigenvalue weighted by atomic mass is 9.93. The molecule has 0 aliphatic heterocycles. The van der Waals surface area contributed by atoms with Gasteiger partial charge in [-0.05, 0) is 6.42 Å². The zero-order chi connectivity index (χ0) is 8.15. The van der Waals surface area contributed by atoms with Crippen molar-refractivity contribution in [3.8, 4) is 0 Å². The van der Waals surface area contributed by atoms with Crippen LogP contribution in [0, 0.1) is 0 Å². The fourth-order valence-electron chi connectivity index (χ4n) is 0.672. The molecule has 4 heteroatoms. The number of hydrogen-bond donors (Lipinski definition) is 1. The molecule has 2 unspecified atom stereocenters. The Morgan fingerprint density at radius 3 is 2.60 bits per heavy atom. The number of carbonyl (C=O) groups is 1. The predicted octanol–water partition coefficient (Wildman–Crippen LogP) is -0.720. The van der Waals surface area contributed by atoms with Crippen LogP contribution >= 0.6 is 0 Å². The largest absolute Gasteiger partial charge is 0.470 e. The number of rotatable bonds is 3. The molecular formula is C6H13BO3. The summed E-state index contributed by atoms with van der Waals surface area (Å²) in [6.45, 7) is 3.17. The number of aliphatic hydroxyl groups excluding tert-OH is 1. The molecule has 0 amide bonds. The first-order valence-electron chi connectivity index (χ1n) is 3.43. The third-order valence-corrected chi connectivity index (χ3v) is 1.31. The minimum atomic E-state index is -0.538. The molecule has 0 aliphatic rings. The Morgan fingerprint density at radius 1 is 1.80 bits per heavy atom. The molecule has 2 atom stereocenters. The fraction of sp³-hybridized carbons (Fsp3) is 0.833. The van der Waals surface area contributed by atoms with Crippen LogP contribution in [-0.4, -0.2) is 31.0 Å². The lowest BCUT2D eigenvalue weighted by Crippen LogP contribution is -2.30. The van der Waals surface area contributed by atoms with E-state index in [4.69, 9.17) is 9.84 Å². The number of carbonyl (C=O) groups excluding carboxylic acids is 1. The van der Waals surface area contributed by atoms with Gasteiger partial charge in [0.1, 0.15) is 0 Å². The molecule has 0 saturated carbocycles. The van der Waals surface area contributed by atoms with Gasteiger partial charge in [-0.1, -0.05) is 6.92 Å². The van der Waals surface area contributed by atoms with Crippen molar-refractivity contribution in [3.63, 3.8) is 0 Å². The molecular weight excluding hydrogens is 131 g/mol. The average Bonchev–Trinajstić information content (AvgIpc) is 1.85. The first-order chi connectivity index (χ1) is 4.57. The molecule has 0 heterocycles. The number of esters is 1. The van der Waals surface area contributed by atoms with Crippen LogP contribution in [0.5, 0.6) is 0 Å². The van der Waals surface area contributed by atoms with Gasteiger partial charge in [-0.2, -0.15) is 0 Å². The highest BCUT2D eigenvalue weighted by atomic mass is 16.5. The standard InChI is InChI=1S/C6H13BO3/c1-3-5(9)6(7)10-4(2)8/h5-6,9H,3,7H2,1-2H3. The van der Waals surface area contributed by atoms with Gasteiger partial charge in [0.25, 0.3) is 0 Å². The van der Waals surface area contributed by atoms with Gasteiger partial charge in [0, 0.05) is 6.92 Å². The lowest BCUT2D eigenvalue weighted by Gasteiger charge is -2.16. The molecule has 58 valence electrons. The Hall–Kier alpha value is -0.505. The van der Waals surface area contributed by atoms with Gasteiger partial charge in [-0.15, -0.1) is 0 Å². The SMILES string of the molecule is BC(OC(C)=O)C(O)CC. The van der Waals surface area contributed by atoms with Crippen molar-refractivity contribution in [1.82, 2.24) is 0 Å². The smallest absolute Gasteiger partial charge is 0.302 e. The van der Waals surface area contributed by atoms with E-state index in [0.29, 0.717) is 6.42 Å². The summed E-state index contributed by atoms with van der Waals surface area (Å²) in [5, 5.41) is 9.10. The van der Waals surface area contributed by atoms with Crippen LogP contribution in [0.1, 0.15) is 20.3 Å². The summed E-state index contributed by atoms with van der Waals surface area (Å²) in [5.74, 6) is -0.347. The summed E-state index contributed by atoms with van der Waals surface area (Å²) in [6.07, 6.45) is 0.0675. The normalized spacial score (nSPS) is 15.9. The van der Waals surface area contributed by atoms with Crippen molar-refractivity contribution in [3.05, 3.63) is 0 Å². The molecule has 0 aromatic rings. The molecule has 10 heavy (non-hydrogen) atoms. The predicted molar refractivity (Wildman–Crippen MR) is 40.4 cm³/mol. The van der Waals surface area contributed by atoms with Crippen molar-refractivity contribution in [2.45, 2.75) is 32.4 Å². The van der Waals surface area contributed by atoms with Crippen molar-refractivity contribution in [2.24, 2.45) is 0 Å². The molecule has 1 N–H and O–H groups in total. The second kappa shape index (κ2) is 4.33. The summed E-state index contributed by atoms with van der Waals surface area (Å²) >= 11 is 0. The second-order valence-corrected chi connectivity index (χ2v) is 2.29. The Kier molecular flexibility index (Phi) is 4.11. The van der Waals surface area contributed by atoms with Crippen LogP contribution < -0.4 is 0 Å². The van der Waals surface area contributed by atoms with Crippen molar-refractivity contribution in [2.75, 3.05) is 0 Å². The zero-order valence-electron chi connectivity index (χ0n) is 6.63. The number of ether oxygens (including phenoxy) is 1. The van der Waals surface area contributed by atoms with Crippen LogP contribution in [0.3, 0.4) is 0 Å². The topological polar surface area (TPSA) is 46.5 Å². The summed E-state index contributed by atoms with van der Waals surface area (Å²) in [7, 11) is 1.68. The minimum Gasteiger partial charge on any atom is -0.470 e. The zero-order valence-corrected chi connectivity index (χ0v) is 6.63. The van der Waals surface area contributed by atoms with E-state index in [2.05, 4.69) is 0 Å². The first-order valence-corrected chi connectivity index (χ1v) is 3.43. The fourth-order valence-corrected chi connectivity index (χ4v) is 0.672. The van der Waals surface area contributed by atoms with Crippen LogP contribution in [0.4, 0.5) is 0 Å². The highest BCUT2D eigenvalue weighted by molar-refractivity contribution is 6.12. The molecule has 3 nitrogen and oxygen atoms in total. The molecule has 0 radical (unpaired) electrons. The van der Waals surface area contributed by atoms with Crippen molar-refractivity contribution >= 4 is 13.8 Å². The van der Waals surface area contributed by atoms with Gasteiger partial charge in [-0.3, -0.25) is 4.79 Å². The van der Waals surface area contributed by atoms with Crippen molar-refractivity contribution in [1.29, 1.82) is 0 Å². The van der Waals surface area contributed by atoms with Gasteiger partial charge in [-0.25, -0.2) is 0 Å². The quantitative estimate of drug-likeness (QED) is 0.420. The van der Waals surface area contributed by atoms with E-state index in [1.807, 2.05) is 6.92 Å². The van der Waals surface area contributed by atoms with E-state index in [1.54, 1.807) is 7.85 Å². The highest BCUT2D eigenvalue weighted by Gasteiger charge is 2.13. The molecule has 0 aromatic carbocycles. The van der Waals surface area contributed by atoms with Gasteiger partial charge >= 0.3 is 5.97 Å². The molecule has 0 bridgehead atoms. The Balaban J connectivity index is 3.61. The molecule has 0 saturated heterocycles. The summed E-state index contributed by atoms with van der Waals surface area (Å²) in [6, 6.07) is -0.387. The first kappa shape index (κ1) is 9.49. The lowest BCUT2D eigenvalue weighted by molar-refractivity contribution is -0.146. The van der Waals surface area contributed by atoms with E-state index in [-0.39, 0.29) is 12.0 Å². The molecule has 0 spiro atoms. The van der Waals surface area contributed by atoms with Gasteiger partial charge < -0.3 is 9.84 Å². The molecule has 0 aromatic heterocycles. The van der Waals surface area contributed by atoms with E-state index >= 15 is 0 Å². The van der Waals surface area contributed by atoms with Gasteiger partial charge in [0.2, 0.25) is 0 Å². The maximum absolute atomic E-state index is 10.3. The van der Waals surface area contributed by atoms with Crippen LogP contribution in [-0.2, 0) is 9.53 Å². The summed E-state index contributed by atoms with van der Waals surface area (Å²) in [4.78, 5) is 10.3. The summed E-state index contributed by atoms with van der Waals surface area (Å²) in [5.41, 5.74) is 0. The van der Waals surface area contributed by atoms with E-state index in [1.165, 1.54) is 6.92 Å². The van der Waals surface area contributed by atoms with E-state index in [0.717, 1.165) is 0 Å². The number of aliphatic hydroxyl groups is 1. The maximum atomic E-state index is 10.3. The van der Waals surface area contributed by atoms with E-state index < -0.39 is 6.10 Å². The third-order valence-electron chi connectivity index (χ3n) is 1.31. The van der Waals surface area contributed by atoms with Crippen LogP contribution in [0.2, 0.25) is 0 Å². The summed E-state index contributed by atoms with van der Waals surface area (Å²) < 4.78 is 4.71. The van der Waals surface area contributed by atoms with Crippen molar-refractivity contribution < 1.29 is 14.6 Å². The number of hydrogen-bond acceptors (Lipinski definition) is 3. The van der Waals surface area contributed by atoms with Gasteiger partial charge in [0.15, 0.2) is 7.85 Å². The molecule has 0 aliphatic carbocycles. The Morgan fingerprint density at radius 2 is 2.30 bits per heavy atom. The Bertz CT molecular complexity index is 116. The minimum absolute atomic E-state index is 0.347. The highest BCUT2D eigenvalue weighted by Crippen LogP contribution is 1.98. The second-order valence-electron chi connectivity index (χ2n) is 2.29. The third kappa shape index (κ3) is 3.51. The average molecular weight is 144 g/mol. The maximum Gasteiger partial charge on any atom is 0.302 e. The van der Waals surface area contributed by atoms with Gasteiger partial charge in [0.05, 0.1) is 12.1 Å². The monoisotopic (exact) mass is 144 g/mol.